The zero-order valence-corrected chi connectivity index (χ0v) is 17.1. The molecule has 2 aromatic rings. The largest absolute Gasteiger partial charge is 0.396 e. The second-order valence-electron chi connectivity index (χ2n) is 8.71. The van der Waals surface area contributed by atoms with Crippen molar-refractivity contribution in [1.82, 2.24) is 19.4 Å². The number of aromatic nitrogens is 2. The molecular weight excluding hydrogens is 380 g/mol. The highest BCUT2D eigenvalue weighted by Gasteiger charge is 2.56. The van der Waals surface area contributed by atoms with E-state index in [0.717, 1.165) is 37.2 Å². The van der Waals surface area contributed by atoms with Gasteiger partial charge in [0.15, 0.2) is 0 Å². The summed E-state index contributed by atoms with van der Waals surface area (Å²) in [4.78, 5) is 34.5. The van der Waals surface area contributed by atoms with Crippen LogP contribution in [-0.2, 0) is 17.9 Å². The molecular formula is C23H28N4O3. The molecule has 0 radical (unpaired) electrons. The van der Waals surface area contributed by atoms with Gasteiger partial charge < -0.3 is 14.6 Å². The minimum atomic E-state index is -0.375. The number of hydrogen-bond donors (Lipinski definition) is 1. The summed E-state index contributed by atoms with van der Waals surface area (Å²) in [5.41, 5.74) is 2.02. The van der Waals surface area contributed by atoms with Gasteiger partial charge in [-0.15, -0.1) is 0 Å². The Hall–Kier alpha value is -2.51. The van der Waals surface area contributed by atoms with Crippen molar-refractivity contribution in [1.29, 1.82) is 0 Å². The number of amides is 1. The molecule has 0 bridgehead atoms. The number of carbonyl (C=O) groups excluding carboxylic acids is 1. The highest BCUT2D eigenvalue weighted by Crippen LogP contribution is 2.50. The minimum Gasteiger partial charge on any atom is -0.396 e. The molecule has 0 aliphatic carbocycles. The summed E-state index contributed by atoms with van der Waals surface area (Å²) >= 11 is 0. The van der Waals surface area contributed by atoms with E-state index < -0.39 is 0 Å². The number of hydrogen-bond acceptors (Lipinski definition) is 5. The monoisotopic (exact) mass is 408 g/mol. The van der Waals surface area contributed by atoms with Crippen molar-refractivity contribution in [3.05, 3.63) is 64.3 Å². The van der Waals surface area contributed by atoms with Crippen LogP contribution in [0.15, 0.2) is 47.5 Å². The van der Waals surface area contributed by atoms with Crippen molar-refractivity contribution >= 4 is 5.91 Å². The lowest BCUT2D eigenvalue weighted by atomic mass is 9.88. The smallest absolute Gasteiger partial charge is 0.250 e. The average Bonchev–Trinajstić information content (AvgIpc) is 3.30. The van der Waals surface area contributed by atoms with Crippen LogP contribution < -0.4 is 5.56 Å². The van der Waals surface area contributed by atoms with E-state index in [1.807, 2.05) is 27.7 Å². The van der Waals surface area contributed by atoms with Gasteiger partial charge in [-0.25, -0.2) is 0 Å². The van der Waals surface area contributed by atoms with E-state index in [4.69, 9.17) is 0 Å². The predicted molar refractivity (Wildman–Crippen MR) is 112 cm³/mol. The van der Waals surface area contributed by atoms with Crippen LogP contribution in [0.3, 0.4) is 0 Å². The number of piperidine rings is 1. The maximum absolute atomic E-state index is 13.7. The van der Waals surface area contributed by atoms with Crippen molar-refractivity contribution in [3.63, 3.8) is 0 Å². The summed E-state index contributed by atoms with van der Waals surface area (Å²) in [5, 5.41) is 10.4. The lowest BCUT2D eigenvalue weighted by Crippen LogP contribution is -2.51. The van der Waals surface area contributed by atoms with E-state index in [1.54, 1.807) is 24.5 Å². The molecule has 0 saturated carbocycles. The molecule has 30 heavy (non-hydrogen) atoms. The maximum Gasteiger partial charge on any atom is 0.250 e. The summed E-state index contributed by atoms with van der Waals surface area (Å²) in [6, 6.07) is 8.89. The first-order valence-electron chi connectivity index (χ1n) is 10.9. The number of rotatable bonds is 4. The van der Waals surface area contributed by atoms with Gasteiger partial charge in [-0.05, 0) is 43.0 Å². The number of nitrogens with zero attached hydrogens (tertiary/aromatic N) is 4. The lowest BCUT2D eigenvalue weighted by molar-refractivity contribution is -0.139. The number of fused-ring (bicyclic) bond motifs is 3. The summed E-state index contributed by atoms with van der Waals surface area (Å²) in [6.45, 7) is 2.68. The van der Waals surface area contributed by atoms with E-state index in [1.165, 1.54) is 6.42 Å². The molecule has 158 valence electrons. The molecule has 7 heteroatoms. The van der Waals surface area contributed by atoms with E-state index >= 15 is 0 Å². The molecule has 3 aliphatic heterocycles. The van der Waals surface area contributed by atoms with Crippen LogP contribution in [-0.4, -0.2) is 56.1 Å². The number of aliphatic hydroxyl groups excluding tert-OH is 1. The predicted octanol–water partition coefficient (Wildman–Crippen LogP) is 1.42. The van der Waals surface area contributed by atoms with Crippen LogP contribution in [0.5, 0.6) is 0 Å². The van der Waals surface area contributed by atoms with Gasteiger partial charge in [0.05, 0.1) is 12.1 Å². The molecule has 0 aromatic carbocycles. The Balaban J connectivity index is 1.56. The fourth-order valence-corrected chi connectivity index (χ4v) is 5.72. The second-order valence-corrected chi connectivity index (χ2v) is 8.71. The van der Waals surface area contributed by atoms with Gasteiger partial charge in [0.2, 0.25) is 5.91 Å². The number of carbonyl (C=O) groups is 1. The van der Waals surface area contributed by atoms with Crippen LogP contribution in [0.2, 0.25) is 0 Å². The quantitative estimate of drug-likeness (QED) is 0.828. The first-order chi connectivity index (χ1) is 14.7. The van der Waals surface area contributed by atoms with Gasteiger partial charge in [0, 0.05) is 68.8 Å². The van der Waals surface area contributed by atoms with Gasteiger partial charge >= 0.3 is 0 Å². The number of pyridine rings is 2. The van der Waals surface area contributed by atoms with Crippen LogP contribution in [0.4, 0.5) is 0 Å². The van der Waals surface area contributed by atoms with Gasteiger partial charge in [-0.1, -0.05) is 6.07 Å². The van der Waals surface area contributed by atoms with Crippen molar-refractivity contribution < 1.29 is 9.90 Å². The Bertz CT molecular complexity index is 970. The van der Waals surface area contributed by atoms with Crippen LogP contribution in [0.25, 0.3) is 0 Å². The third kappa shape index (κ3) is 3.17. The van der Waals surface area contributed by atoms with Crippen molar-refractivity contribution in [2.24, 2.45) is 11.8 Å². The Kier molecular flexibility index (Phi) is 5.16. The molecule has 2 saturated heterocycles. The molecule has 7 nitrogen and oxygen atoms in total. The first kappa shape index (κ1) is 19.5. The molecule has 3 aliphatic rings. The zero-order valence-electron chi connectivity index (χ0n) is 17.1. The normalized spacial score (nSPS) is 28.4. The summed E-state index contributed by atoms with van der Waals surface area (Å²) in [5.74, 6) is -0.0155. The lowest BCUT2D eigenvalue weighted by Gasteiger charge is -2.36. The molecule has 2 aromatic heterocycles. The minimum absolute atomic E-state index is 0.0126. The SMILES string of the molecule is O=C([C@@H]1[C@@H](CO)[C@@H]2Cn3c(cccc3=O)[C@@H]2N1Cc1ccncc1)N1CCCCC1. The third-order valence-corrected chi connectivity index (χ3v) is 7.10. The Morgan fingerprint density at radius 1 is 1.10 bits per heavy atom. The fraction of sp³-hybridized carbons (Fsp3) is 0.522. The highest BCUT2D eigenvalue weighted by molar-refractivity contribution is 5.83. The molecule has 5 heterocycles. The van der Waals surface area contributed by atoms with Gasteiger partial charge in [0.25, 0.3) is 5.56 Å². The fourth-order valence-electron chi connectivity index (χ4n) is 5.72. The number of aliphatic hydroxyl groups is 1. The van der Waals surface area contributed by atoms with Crippen LogP contribution in [0.1, 0.15) is 36.6 Å². The van der Waals surface area contributed by atoms with E-state index in [2.05, 4.69) is 9.88 Å². The number of likely N-dealkylation sites (tertiary alicyclic amines) is 2. The molecule has 2 fully saturated rings. The van der Waals surface area contributed by atoms with Gasteiger partial charge in [-0.2, -0.15) is 0 Å². The highest BCUT2D eigenvalue weighted by atomic mass is 16.3. The van der Waals surface area contributed by atoms with Crippen molar-refractivity contribution in [2.75, 3.05) is 19.7 Å². The zero-order chi connectivity index (χ0) is 20.7. The summed E-state index contributed by atoms with van der Waals surface area (Å²) < 4.78 is 1.82. The Morgan fingerprint density at radius 2 is 1.87 bits per heavy atom. The topological polar surface area (TPSA) is 78.7 Å². The molecule has 1 N–H and O–H groups in total. The van der Waals surface area contributed by atoms with Gasteiger partial charge in [-0.3, -0.25) is 19.5 Å². The van der Waals surface area contributed by atoms with E-state index in [9.17, 15) is 14.7 Å². The maximum atomic E-state index is 13.7. The summed E-state index contributed by atoms with van der Waals surface area (Å²) in [7, 11) is 0. The van der Waals surface area contributed by atoms with Crippen LogP contribution >= 0.6 is 0 Å². The second kappa shape index (κ2) is 7.96. The van der Waals surface area contributed by atoms with Gasteiger partial charge in [0.1, 0.15) is 0 Å². The summed E-state index contributed by atoms with van der Waals surface area (Å²) in [6.07, 6.45) is 6.78. The molecule has 5 rings (SSSR count). The van der Waals surface area contributed by atoms with Crippen LogP contribution in [0, 0.1) is 11.8 Å². The first-order valence-corrected chi connectivity index (χ1v) is 10.9. The Labute approximate surface area is 176 Å². The van der Waals surface area contributed by atoms with Crippen molar-refractivity contribution in [3.8, 4) is 0 Å². The van der Waals surface area contributed by atoms with E-state index in [0.29, 0.717) is 13.1 Å². The molecule has 1 amide bonds. The standard InChI is InChI=1S/C23H28N4O3/c28-15-18-17-14-26-19(5-4-6-20(26)29)21(17)27(13-16-7-9-24-10-8-16)22(18)23(30)25-11-2-1-3-12-25/h4-10,17-18,21-22,28H,1-3,11-15H2/t17-,18-,21+,22-/m0/s1. The molecule has 0 spiro atoms. The van der Waals surface area contributed by atoms with Crippen molar-refractivity contribution in [2.45, 2.75) is 44.4 Å². The molecule has 0 unspecified atom stereocenters. The average molecular weight is 409 g/mol. The Morgan fingerprint density at radius 3 is 2.60 bits per heavy atom. The van der Waals surface area contributed by atoms with E-state index in [-0.39, 0.29) is 42.0 Å². The third-order valence-electron chi connectivity index (χ3n) is 7.10. The molecule has 4 atom stereocenters.